The average Bonchev–Trinajstić information content (AvgIpc) is 2.93. The molecular formula is C20H14O3. The van der Waals surface area contributed by atoms with Crippen LogP contribution < -0.4 is 4.74 Å². The van der Waals surface area contributed by atoms with E-state index in [0.29, 0.717) is 5.75 Å². The zero-order valence-corrected chi connectivity index (χ0v) is 12.3. The van der Waals surface area contributed by atoms with E-state index in [2.05, 4.69) is 36.4 Å². The maximum absolute atomic E-state index is 10.9. The van der Waals surface area contributed by atoms with Gasteiger partial charge in [-0.05, 0) is 65.1 Å². The monoisotopic (exact) mass is 302 g/mol. The second-order valence-electron chi connectivity index (χ2n) is 5.58. The minimum absolute atomic E-state index is 0.252. The topological polar surface area (TPSA) is 46.5 Å². The Labute approximate surface area is 133 Å². The van der Waals surface area contributed by atoms with Crippen molar-refractivity contribution in [3.63, 3.8) is 0 Å². The molecule has 0 bridgehead atoms. The van der Waals surface area contributed by atoms with Crippen LogP contribution in [0.2, 0.25) is 0 Å². The van der Waals surface area contributed by atoms with Gasteiger partial charge in [0.2, 0.25) is 0 Å². The summed E-state index contributed by atoms with van der Waals surface area (Å²) in [7, 11) is 0. The van der Waals surface area contributed by atoms with Gasteiger partial charge in [-0.25, -0.2) is 4.79 Å². The number of fused-ring (bicyclic) bond motifs is 3. The van der Waals surface area contributed by atoms with E-state index in [1.54, 1.807) is 24.3 Å². The van der Waals surface area contributed by atoms with Crippen LogP contribution >= 0.6 is 0 Å². The molecule has 1 aliphatic carbocycles. The van der Waals surface area contributed by atoms with Crippen molar-refractivity contribution in [3.05, 3.63) is 83.4 Å². The van der Waals surface area contributed by atoms with E-state index < -0.39 is 5.97 Å². The van der Waals surface area contributed by atoms with Gasteiger partial charge in [-0.1, -0.05) is 30.3 Å². The highest BCUT2D eigenvalue weighted by atomic mass is 16.5. The van der Waals surface area contributed by atoms with Crippen LogP contribution in [0.25, 0.3) is 11.1 Å². The van der Waals surface area contributed by atoms with Gasteiger partial charge in [0.05, 0.1) is 5.56 Å². The van der Waals surface area contributed by atoms with Crippen molar-refractivity contribution in [3.8, 4) is 22.6 Å². The number of carboxylic acid groups (broad SMARTS) is 1. The Morgan fingerprint density at radius 1 is 0.826 bits per heavy atom. The molecule has 0 fully saturated rings. The molecule has 0 spiro atoms. The minimum atomic E-state index is -0.938. The van der Waals surface area contributed by atoms with Gasteiger partial charge in [-0.3, -0.25) is 0 Å². The Hall–Kier alpha value is -3.07. The molecule has 0 heterocycles. The van der Waals surface area contributed by atoms with Crippen molar-refractivity contribution in [2.75, 3.05) is 0 Å². The summed E-state index contributed by atoms with van der Waals surface area (Å²) in [5.74, 6) is 0.455. The molecule has 0 radical (unpaired) electrons. The van der Waals surface area contributed by atoms with Gasteiger partial charge in [0.25, 0.3) is 0 Å². The third-order valence-electron chi connectivity index (χ3n) is 4.10. The molecule has 0 aliphatic heterocycles. The summed E-state index contributed by atoms with van der Waals surface area (Å²) in [5, 5.41) is 8.92. The van der Waals surface area contributed by atoms with Gasteiger partial charge in [-0.15, -0.1) is 0 Å². The average molecular weight is 302 g/mol. The van der Waals surface area contributed by atoms with Gasteiger partial charge in [0.15, 0.2) is 0 Å². The Morgan fingerprint density at radius 2 is 1.52 bits per heavy atom. The molecule has 0 atom stereocenters. The predicted octanol–water partition coefficient (Wildman–Crippen LogP) is 4.75. The Bertz CT molecular complexity index is 895. The second-order valence-corrected chi connectivity index (χ2v) is 5.58. The van der Waals surface area contributed by atoms with Gasteiger partial charge >= 0.3 is 5.97 Å². The number of carbonyl (C=O) groups is 1. The molecule has 1 aliphatic rings. The van der Waals surface area contributed by atoms with Crippen LogP contribution in [0.1, 0.15) is 21.5 Å². The third-order valence-corrected chi connectivity index (χ3v) is 4.10. The smallest absolute Gasteiger partial charge is 0.335 e. The molecule has 3 nitrogen and oxygen atoms in total. The second kappa shape index (κ2) is 5.29. The van der Waals surface area contributed by atoms with Crippen LogP contribution in [0.4, 0.5) is 0 Å². The molecule has 23 heavy (non-hydrogen) atoms. The van der Waals surface area contributed by atoms with E-state index in [1.165, 1.54) is 22.3 Å². The Kier molecular flexibility index (Phi) is 3.12. The molecule has 3 heteroatoms. The fraction of sp³-hybridized carbons (Fsp3) is 0.0500. The number of rotatable bonds is 3. The summed E-state index contributed by atoms with van der Waals surface area (Å²) in [5.41, 5.74) is 5.40. The highest BCUT2D eigenvalue weighted by molar-refractivity contribution is 5.87. The van der Waals surface area contributed by atoms with Crippen molar-refractivity contribution in [1.82, 2.24) is 0 Å². The lowest BCUT2D eigenvalue weighted by molar-refractivity contribution is 0.0697. The molecule has 0 saturated heterocycles. The number of aromatic carboxylic acids is 1. The fourth-order valence-corrected chi connectivity index (χ4v) is 2.99. The van der Waals surface area contributed by atoms with Gasteiger partial charge < -0.3 is 9.84 Å². The summed E-state index contributed by atoms with van der Waals surface area (Å²) < 4.78 is 5.84. The first-order valence-corrected chi connectivity index (χ1v) is 7.43. The van der Waals surface area contributed by atoms with Crippen molar-refractivity contribution >= 4 is 5.97 Å². The van der Waals surface area contributed by atoms with E-state index in [9.17, 15) is 4.79 Å². The lowest BCUT2D eigenvalue weighted by Gasteiger charge is -2.08. The first-order valence-electron chi connectivity index (χ1n) is 7.43. The van der Waals surface area contributed by atoms with Crippen LogP contribution in [0.5, 0.6) is 11.5 Å². The summed E-state index contributed by atoms with van der Waals surface area (Å²) in [4.78, 5) is 10.9. The number of hydrogen-bond acceptors (Lipinski definition) is 2. The Morgan fingerprint density at radius 3 is 2.30 bits per heavy atom. The van der Waals surface area contributed by atoms with Crippen molar-refractivity contribution < 1.29 is 14.6 Å². The number of carboxylic acids is 1. The van der Waals surface area contributed by atoms with Crippen LogP contribution in [0, 0.1) is 0 Å². The molecule has 0 saturated carbocycles. The molecule has 3 aromatic carbocycles. The number of benzene rings is 3. The highest BCUT2D eigenvalue weighted by Crippen LogP contribution is 2.38. The first kappa shape index (κ1) is 13.6. The lowest BCUT2D eigenvalue weighted by Crippen LogP contribution is -1.95. The van der Waals surface area contributed by atoms with Gasteiger partial charge in [0, 0.05) is 0 Å². The largest absolute Gasteiger partial charge is 0.478 e. The molecule has 0 amide bonds. The van der Waals surface area contributed by atoms with Crippen molar-refractivity contribution in [1.29, 1.82) is 0 Å². The quantitative estimate of drug-likeness (QED) is 0.594. The molecule has 4 rings (SSSR count). The standard InChI is InChI=1S/C20H14O3/c21-20(22)13-5-7-16(8-6-13)23-17-9-10-19-15(12-17)11-14-3-1-2-4-18(14)19/h1-10,12H,11H2,(H,21,22). The SMILES string of the molecule is O=C(O)c1ccc(Oc2ccc3c(c2)Cc2ccccc2-3)cc1. The molecule has 3 aromatic rings. The summed E-state index contributed by atoms with van der Waals surface area (Å²) in [6.45, 7) is 0. The van der Waals surface area contributed by atoms with E-state index in [4.69, 9.17) is 9.84 Å². The third kappa shape index (κ3) is 2.46. The molecule has 0 unspecified atom stereocenters. The molecular weight excluding hydrogens is 288 g/mol. The summed E-state index contributed by atoms with van der Waals surface area (Å²) >= 11 is 0. The molecule has 0 aromatic heterocycles. The lowest BCUT2D eigenvalue weighted by atomic mass is 10.1. The van der Waals surface area contributed by atoms with Gasteiger partial charge in [-0.2, -0.15) is 0 Å². The van der Waals surface area contributed by atoms with Crippen LogP contribution in [-0.2, 0) is 6.42 Å². The Balaban J connectivity index is 1.60. The maximum Gasteiger partial charge on any atom is 0.335 e. The number of hydrogen-bond donors (Lipinski definition) is 1. The van der Waals surface area contributed by atoms with E-state index in [-0.39, 0.29) is 5.56 Å². The van der Waals surface area contributed by atoms with E-state index in [0.717, 1.165) is 12.2 Å². The normalized spacial score (nSPS) is 11.7. The van der Waals surface area contributed by atoms with Crippen molar-refractivity contribution in [2.24, 2.45) is 0 Å². The predicted molar refractivity (Wildman–Crippen MR) is 88.2 cm³/mol. The summed E-state index contributed by atoms with van der Waals surface area (Å²) in [6, 6.07) is 20.9. The van der Waals surface area contributed by atoms with Crippen LogP contribution in [-0.4, -0.2) is 11.1 Å². The van der Waals surface area contributed by atoms with Gasteiger partial charge in [0.1, 0.15) is 11.5 Å². The molecule has 112 valence electrons. The van der Waals surface area contributed by atoms with E-state index in [1.807, 2.05) is 6.07 Å². The highest BCUT2D eigenvalue weighted by Gasteiger charge is 2.18. The fourth-order valence-electron chi connectivity index (χ4n) is 2.99. The van der Waals surface area contributed by atoms with Crippen molar-refractivity contribution in [2.45, 2.75) is 6.42 Å². The van der Waals surface area contributed by atoms with Crippen LogP contribution in [0.3, 0.4) is 0 Å². The number of ether oxygens (including phenoxy) is 1. The first-order chi connectivity index (χ1) is 11.2. The minimum Gasteiger partial charge on any atom is -0.478 e. The maximum atomic E-state index is 10.9. The van der Waals surface area contributed by atoms with Crippen LogP contribution in [0.15, 0.2) is 66.7 Å². The zero-order valence-electron chi connectivity index (χ0n) is 12.3. The van der Waals surface area contributed by atoms with E-state index >= 15 is 0 Å². The zero-order chi connectivity index (χ0) is 15.8. The summed E-state index contributed by atoms with van der Waals surface area (Å²) in [6.07, 6.45) is 0.917. The molecule has 1 N–H and O–H groups in total.